The highest BCUT2D eigenvalue weighted by atomic mass is 19.4. The molecule has 1 aromatic carbocycles. The van der Waals surface area contributed by atoms with Gasteiger partial charge in [-0.25, -0.2) is 14.8 Å². The third kappa shape index (κ3) is 8.07. The number of carbonyl (C=O) groups is 1. The highest BCUT2D eigenvalue weighted by Crippen LogP contribution is 2.30. The Morgan fingerprint density at radius 1 is 1.09 bits per heavy atom. The Morgan fingerprint density at radius 3 is 2.48 bits per heavy atom. The minimum absolute atomic E-state index is 0.0529. The fourth-order valence-corrected chi connectivity index (χ4v) is 5.22. The van der Waals surface area contributed by atoms with Crippen LogP contribution in [0.1, 0.15) is 36.8 Å². The zero-order valence-electron chi connectivity index (χ0n) is 24.9. The minimum atomic E-state index is -4.81. The lowest BCUT2D eigenvalue weighted by molar-refractivity contribution is -0.198. The predicted molar refractivity (Wildman–Crippen MR) is 165 cm³/mol. The van der Waals surface area contributed by atoms with E-state index in [-0.39, 0.29) is 35.4 Å². The molecule has 3 heterocycles. The molecule has 46 heavy (non-hydrogen) atoms. The topological polar surface area (TPSA) is 157 Å². The van der Waals surface area contributed by atoms with Crippen LogP contribution in [0.5, 0.6) is 0 Å². The van der Waals surface area contributed by atoms with Crippen molar-refractivity contribution in [2.24, 2.45) is 7.05 Å². The number of nitrogens with zero attached hydrogens (tertiary/aromatic N) is 7. The van der Waals surface area contributed by atoms with Crippen LogP contribution in [-0.2, 0) is 13.6 Å². The standard InChI is InChI=1S/C31H33F3N10O2/c1-43-19-23(17-40-43)21-7-12-27(36-15-21)44(30(46)39-14-20-5-3-2-4-6-20)25-10-8-24(9-11-25)41-29-38-16-22(13-35)28(42-29)37-18-26(45)31(32,33)34/h2-7,12,15-17,19,24-26,45H,8-11,14,18H2,1H3,(H,39,46)(H2,37,38,41,42)/t24-,25-,26?. The number of rotatable bonds is 10. The Morgan fingerprint density at radius 2 is 1.85 bits per heavy atom. The largest absolute Gasteiger partial charge is 0.416 e. The van der Waals surface area contributed by atoms with E-state index in [1.165, 1.54) is 6.20 Å². The number of aliphatic hydroxyl groups excluding tert-OH is 1. The van der Waals surface area contributed by atoms with Crippen molar-refractivity contribution in [2.45, 2.75) is 56.6 Å². The van der Waals surface area contributed by atoms with E-state index in [1.807, 2.05) is 61.8 Å². The van der Waals surface area contributed by atoms with Crippen molar-refractivity contribution in [3.05, 3.63) is 78.4 Å². The summed E-state index contributed by atoms with van der Waals surface area (Å²) < 4.78 is 39.9. The van der Waals surface area contributed by atoms with Gasteiger partial charge in [0.2, 0.25) is 5.95 Å². The number of nitrogens with one attached hydrogen (secondary N) is 3. The van der Waals surface area contributed by atoms with Crippen molar-refractivity contribution in [2.75, 3.05) is 22.1 Å². The first-order chi connectivity index (χ1) is 22.1. The molecule has 1 atom stereocenters. The fourth-order valence-electron chi connectivity index (χ4n) is 5.22. The molecule has 240 valence electrons. The summed E-state index contributed by atoms with van der Waals surface area (Å²) in [5.74, 6) is 0.539. The van der Waals surface area contributed by atoms with Crippen LogP contribution in [0.3, 0.4) is 0 Å². The molecule has 0 spiro atoms. The Kier molecular flexibility index (Phi) is 9.97. The third-order valence-corrected chi connectivity index (χ3v) is 7.68. The summed E-state index contributed by atoms with van der Waals surface area (Å²) in [6.07, 6.45) is 1.67. The molecule has 1 fully saturated rings. The average molecular weight is 635 g/mol. The van der Waals surface area contributed by atoms with Gasteiger partial charge in [0.25, 0.3) is 0 Å². The van der Waals surface area contributed by atoms with Crippen molar-refractivity contribution in [1.82, 2.24) is 30.0 Å². The molecule has 1 aliphatic rings. The summed E-state index contributed by atoms with van der Waals surface area (Å²) >= 11 is 0. The highest BCUT2D eigenvalue weighted by molar-refractivity contribution is 5.91. The Bertz CT molecular complexity index is 1650. The van der Waals surface area contributed by atoms with Gasteiger partial charge < -0.3 is 21.1 Å². The van der Waals surface area contributed by atoms with Crippen molar-refractivity contribution < 1.29 is 23.1 Å². The van der Waals surface area contributed by atoms with E-state index in [1.54, 1.807) is 22.0 Å². The third-order valence-electron chi connectivity index (χ3n) is 7.68. The molecule has 0 bridgehead atoms. The van der Waals surface area contributed by atoms with E-state index in [9.17, 15) is 28.3 Å². The summed E-state index contributed by atoms with van der Waals surface area (Å²) in [6.45, 7) is -0.508. The van der Waals surface area contributed by atoms with E-state index in [4.69, 9.17) is 0 Å². The molecule has 4 N–H and O–H groups in total. The number of aromatic nitrogens is 5. The van der Waals surface area contributed by atoms with Gasteiger partial charge in [0, 0.05) is 49.2 Å². The Balaban J connectivity index is 1.26. The number of aliphatic hydroxyl groups is 1. The first-order valence-corrected chi connectivity index (χ1v) is 14.7. The average Bonchev–Trinajstić information content (AvgIpc) is 3.50. The van der Waals surface area contributed by atoms with E-state index in [0.717, 1.165) is 16.7 Å². The number of anilines is 3. The van der Waals surface area contributed by atoms with Gasteiger partial charge in [0.15, 0.2) is 6.10 Å². The van der Waals surface area contributed by atoms with Crippen LogP contribution in [0.4, 0.5) is 35.5 Å². The molecule has 1 saturated carbocycles. The van der Waals surface area contributed by atoms with Crippen LogP contribution in [0.25, 0.3) is 11.1 Å². The van der Waals surface area contributed by atoms with Gasteiger partial charge in [-0.1, -0.05) is 30.3 Å². The molecule has 4 aromatic rings. The summed E-state index contributed by atoms with van der Waals surface area (Å²) in [5.41, 5.74) is 2.70. The number of aryl methyl sites for hydroxylation is 1. The summed E-state index contributed by atoms with van der Waals surface area (Å²) in [5, 5.41) is 31.5. The molecule has 0 radical (unpaired) electrons. The predicted octanol–water partition coefficient (Wildman–Crippen LogP) is 4.62. The molecule has 5 rings (SSSR count). The van der Waals surface area contributed by atoms with E-state index >= 15 is 0 Å². The number of pyridine rings is 1. The molecular formula is C31H33F3N10O2. The van der Waals surface area contributed by atoms with Gasteiger partial charge >= 0.3 is 12.2 Å². The lowest BCUT2D eigenvalue weighted by Gasteiger charge is -2.36. The first-order valence-electron chi connectivity index (χ1n) is 14.7. The maximum atomic E-state index is 13.6. The summed E-state index contributed by atoms with van der Waals surface area (Å²) in [6, 6.07) is 14.7. The second kappa shape index (κ2) is 14.2. The number of urea groups is 1. The van der Waals surface area contributed by atoms with Gasteiger partial charge in [-0.15, -0.1) is 0 Å². The number of benzene rings is 1. The van der Waals surface area contributed by atoms with Crippen LogP contribution in [-0.4, -0.2) is 66.8 Å². The molecule has 2 amide bonds. The lowest BCUT2D eigenvalue weighted by atomic mass is 9.90. The second-order valence-electron chi connectivity index (χ2n) is 11.0. The molecule has 0 aliphatic heterocycles. The fraction of sp³-hybridized carbons (Fsp3) is 0.355. The smallest absolute Gasteiger partial charge is 0.382 e. The Hall–Kier alpha value is -5.23. The van der Waals surface area contributed by atoms with Crippen molar-refractivity contribution in [1.29, 1.82) is 5.26 Å². The lowest BCUT2D eigenvalue weighted by Crippen LogP contribution is -2.49. The zero-order chi connectivity index (χ0) is 32.7. The van der Waals surface area contributed by atoms with Gasteiger partial charge in [-0.05, 0) is 43.4 Å². The van der Waals surface area contributed by atoms with Crippen LogP contribution in [0.2, 0.25) is 0 Å². The molecule has 3 aromatic heterocycles. The van der Waals surface area contributed by atoms with E-state index in [2.05, 4.69) is 36.0 Å². The van der Waals surface area contributed by atoms with Gasteiger partial charge in [0.05, 0.1) is 18.9 Å². The quantitative estimate of drug-likeness (QED) is 0.195. The molecular weight excluding hydrogens is 601 g/mol. The van der Waals surface area contributed by atoms with Crippen molar-refractivity contribution >= 4 is 23.6 Å². The van der Waals surface area contributed by atoms with Crippen molar-refractivity contribution in [3.63, 3.8) is 0 Å². The van der Waals surface area contributed by atoms with E-state index < -0.39 is 18.8 Å². The number of alkyl halides is 3. The highest BCUT2D eigenvalue weighted by Gasteiger charge is 2.38. The summed E-state index contributed by atoms with van der Waals surface area (Å²) in [7, 11) is 1.84. The van der Waals surface area contributed by atoms with Gasteiger partial charge in [-0.3, -0.25) is 9.58 Å². The van der Waals surface area contributed by atoms with Gasteiger partial charge in [0.1, 0.15) is 23.3 Å². The van der Waals surface area contributed by atoms with Crippen LogP contribution < -0.4 is 20.9 Å². The number of nitriles is 1. The minimum Gasteiger partial charge on any atom is -0.382 e. The zero-order valence-corrected chi connectivity index (χ0v) is 24.9. The molecule has 15 heteroatoms. The van der Waals surface area contributed by atoms with E-state index in [0.29, 0.717) is 38.0 Å². The number of halogens is 3. The number of amides is 2. The Labute approximate surface area is 263 Å². The number of carbonyl (C=O) groups excluding carboxylic acids is 1. The van der Waals surface area contributed by atoms with Crippen molar-refractivity contribution in [3.8, 4) is 17.2 Å². The summed E-state index contributed by atoms with van der Waals surface area (Å²) in [4.78, 5) is 28.3. The first kappa shape index (κ1) is 32.2. The normalized spacial score (nSPS) is 17.0. The van der Waals surface area contributed by atoms with Crippen LogP contribution >= 0.6 is 0 Å². The number of hydrogen-bond donors (Lipinski definition) is 4. The number of hydrogen-bond acceptors (Lipinski definition) is 9. The second-order valence-corrected chi connectivity index (χ2v) is 11.0. The monoisotopic (exact) mass is 634 g/mol. The molecule has 12 nitrogen and oxygen atoms in total. The molecule has 1 aliphatic carbocycles. The van der Waals surface area contributed by atoms with Crippen LogP contribution in [0.15, 0.2) is 67.3 Å². The SMILES string of the molecule is Cn1cc(-c2ccc(N(C(=O)NCc3ccccc3)[C@H]3CC[C@H](Nc4ncc(C#N)c(NCC(O)C(F)(F)F)n4)CC3)nc2)cn1. The molecule has 0 saturated heterocycles. The van der Waals surface area contributed by atoms with Gasteiger partial charge in [-0.2, -0.15) is 28.5 Å². The molecule has 1 unspecified atom stereocenters. The van der Waals surface area contributed by atoms with Crippen LogP contribution in [0, 0.1) is 11.3 Å². The maximum absolute atomic E-state index is 13.6. The maximum Gasteiger partial charge on any atom is 0.416 e.